The number of fused-ring (bicyclic) bond motifs is 1. The first-order chi connectivity index (χ1) is 6.92. The van der Waals surface area contributed by atoms with E-state index in [0.717, 1.165) is 0 Å². The Hall–Kier alpha value is -1.82. The van der Waals surface area contributed by atoms with Gasteiger partial charge >= 0.3 is 0 Å². The molecule has 0 fully saturated rings. The molecular weight excluding hydrogens is 168 g/mol. The van der Waals surface area contributed by atoms with Crippen LogP contribution >= 0.6 is 0 Å². The van der Waals surface area contributed by atoms with Gasteiger partial charge in [0.2, 0.25) is 0 Å². The van der Waals surface area contributed by atoms with Gasteiger partial charge < -0.3 is 0 Å². The van der Waals surface area contributed by atoms with Crippen molar-refractivity contribution < 1.29 is 0 Å². The summed E-state index contributed by atoms with van der Waals surface area (Å²) in [5, 5.41) is 0. The summed E-state index contributed by atoms with van der Waals surface area (Å²) in [5.74, 6) is 0. The lowest BCUT2D eigenvalue weighted by atomic mass is 10.2. The van der Waals surface area contributed by atoms with Crippen molar-refractivity contribution >= 4 is 6.08 Å². The molecular formula is C14H12. The first-order valence-electron chi connectivity index (χ1n) is 4.68. The Morgan fingerprint density at radius 2 is 1.71 bits per heavy atom. The lowest BCUT2D eigenvalue weighted by molar-refractivity contribution is 1.86. The van der Waals surface area contributed by atoms with Crippen LogP contribution in [0.15, 0.2) is 61.2 Å². The molecule has 0 heterocycles. The molecule has 0 bridgehead atoms. The van der Waals surface area contributed by atoms with E-state index in [0.29, 0.717) is 0 Å². The molecule has 0 aromatic carbocycles. The monoisotopic (exact) mass is 180 g/mol. The second kappa shape index (κ2) is 3.93. The van der Waals surface area contributed by atoms with E-state index in [9.17, 15) is 0 Å². The Bertz CT molecular complexity index is 431. The highest BCUT2D eigenvalue weighted by Gasteiger charge is 2.14. The highest BCUT2D eigenvalue weighted by Crippen LogP contribution is 2.38. The Morgan fingerprint density at radius 1 is 0.929 bits per heavy atom. The lowest BCUT2D eigenvalue weighted by Gasteiger charge is -1.81. The van der Waals surface area contributed by atoms with Gasteiger partial charge in [0.1, 0.15) is 0 Å². The molecule has 68 valence electrons. The molecule has 0 nitrogen and oxygen atoms in total. The number of hydrogen-bond donors (Lipinski definition) is 0. The lowest BCUT2D eigenvalue weighted by Crippen LogP contribution is -1.59. The van der Waals surface area contributed by atoms with Crippen LogP contribution in [0.1, 0.15) is 5.56 Å². The molecule has 2 rings (SSSR count). The third kappa shape index (κ3) is 1.91. The SMILES string of the molecule is C=C/C=C/C=C/C=C\c1ccc2cc1-2. The van der Waals surface area contributed by atoms with Crippen LogP contribution in [-0.4, -0.2) is 0 Å². The molecule has 0 unspecified atom stereocenters. The first kappa shape index (κ1) is 8.76. The zero-order chi connectivity index (χ0) is 9.80. The summed E-state index contributed by atoms with van der Waals surface area (Å²) >= 11 is 0. The number of rotatable bonds is 4. The van der Waals surface area contributed by atoms with Crippen LogP contribution in [0.4, 0.5) is 0 Å². The topological polar surface area (TPSA) is 0 Å². The van der Waals surface area contributed by atoms with Gasteiger partial charge in [-0.05, 0) is 22.8 Å². The quantitative estimate of drug-likeness (QED) is 0.624. The molecule has 0 amide bonds. The molecule has 0 aromatic rings. The number of hydrogen-bond acceptors (Lipinski definition) is 0. The first-order valence-corrected chi connectivity index (χ1v) is 4.68. The molecule has 0 saturated heterocycles. The molecule has 0 N–H and O–H groups in total. The zero-order valence-electron chi connectivity index (χ0n) is 7.98. The average Bonchev–Trinajstić information content (AvgIpc) is 2.88. The maximum absolute atomic E-state index is 3.59. The van der Waals surface area contributed by atoms with Crippen LogP contribution < -0.4 is 0 Å². The van der Waals surface area contributed by atoms with Gasteiger partial charge in [-0.3, -0.25) is 0 Å². The van der Waals surface area contributed by atoms with Crippen molar-refractivity contribution in [1.82, 2.24) is 0 Å². The van der Waals surface area contributed by atoms with Gasteiger partial charge in [0.25, 0.3) is 0 Å². The Labute approximate surface area is 84.6 Å². The van der Waals surface area contributed by atoms with Gasteiger partial charge in [-0.15, -0.1) is 0 Å². The summed E-state index contributed by atoms with van der Waals surface area (Å²) in [6.07, 6.45) is 13.8. The van der Waals surface area contributed by atoms with E-state index in [1.54, 1.807) is 6.08 Å². The van der Waals surface area contributed by atoms with Crippen molar-refractivity contribution in [3.05, 3.63) is 66.8 Å². The standard InChI is InChI=1S/C14H12/c1-2-3-4-5-6-7-8-12-9-10-13-11-14(12)13/h2-11H,1H2/b4-3+,6-5+,8-7-. The fourth-order valence-electron chi connectivity index (χ4n) is 1.35. The molecule has 0 atom stereocenters. The Kier molecular flexibility index (Phi) is 2.46. The Balaban J connectivity index is 1.89. The molecule has 0 aromatic heterocycles. The maximum atomic E-state index is 3.59. The van der Waals surface area contributed by atoms with E-state index >= 15 is 0 Å². The van der Waals surface area contributed by atoms with Crippen LogP contribution in [0.2, 0.25) is 0 Å². The van der Waals surface area contributed by atoms with Crippen LogP contribution in [0.3, 0.4) is 0 Å². The van der Waals surface area contributed by atoms with Crippen LogP contribution in [0.5, 0.6) is 0 Å². The molecule has 0 spiro atoms. The predicted molar refractivity (Wildman–Crippen MR) is 62.9 cm³/mol. The molecule has 2 aliphatic carbocycles. The highest BCUT2D eigenvalue weighted by molar-refractivity contribution is 5.89. The van der Waals surface area contributed by atoms with Crippen LogP contribution in [-0.2, 0) is 0 Å². The van der Waals surface area contributed by atoms with Gasteiger partial charge in [-0.25, -0.2) is 0 Å². The van der Waals surface area contributed by atoms with Gasteiger partial charge in [0.15, 0.2) is 0 Å². The Morgan fingerprint density at radius 3 is 2.36 bits per heavy atom. The van der Waals surface area contributed by atoms with Gasteiger partial charge in [0.05, 0.1) is 0 Å². The summed E-state index contributed by atoms with van der Waals surface area (Å²) in [5.41, 5.74) is 4.11. The van der Waals surface area contributed by atoms with E-state index in [-0.39, 0.29) is 0 Å². The van der Waals surface area contributed by atoms with Crippen molar-refractivity contribution in [3.8, 4) is 11.1 Å². The average molecular weight is 180 g/mol. The maximum Gasteiger partial charge on any atom is -0.0105 e. The van der Waals surface area contributed by atoms with Gasteiger partial charge in [0, 0.05) is 0 Å². The van der Waals surface area contributed by atoms with Crippen molar-refractivity contribution in [3.63, 3.8) is 0 Å². The smallest absolute Gasteiger partial charge is 0.0105 e. The number of benzene rings is 1. The molecule has 0 aliphatic heterocycles. The van der Waals surface area contributed by atoms with E-state index in [1.165, 1.54) is 16.7 Å². The van der Waals surface area contributed by atoms with Crippen molar-refractivity contribution in [2.24, 2.45) is 0 Å². The fraction of sp³-hybridized carbons (Fsp3) is 0. The van der Waals surface area contributed by atoms with E-state index in [2.05, 4.69) is 36.9 Å². The molecule has 0 heteroatoms. The van der Waals surface area contributed by atoms with Crippen molar-refractivity contribution in [2.45, 2.75) is 0 Å². The van der Waals surface area contributed by atoms with E-state index < -0.39 is 0 Å². The third-order valence-corrected chi connectivity index (χ3v) is 2.14. The van der Waals surface area contributed by atoms with Crippen molar-refractivity contribution in [1.29, 1.82) is 0 Å². The minimum Gasteiger partial charge on any atom is -0.0991 e. The van der Waals surface area contributed by atoms with E-state index in [1.807, 2.05) is 24.3 Å². The zero-order valence-corrected chi connectivity index (χ0v) is 7.98. The molecule has 0 radical (unpaired) electrons. The second-order valence-corrected chi connectivity index (χ2v) is 3.17. The normalized spacial score (nSPS) is 13.1. The fourth-order valence-corrected chi connectivity index (χ4v) is 1.35. The summed E-state index contributed by atoms with van der Waals surface area (Å²) in [6, 6.07) is 6.49. The van der Waals surface area contributed by atoms with Gasteiger partial charge in [-0.1, -0.05) is 61.2 Å². The van der Waals surface area contributed by atoms with Crippen molar-refractivity contribution in [2.75, 3.05) is 0 Å². The summed E-state index contributed by atoms with van der Waals surface area (Å²) in [7, 11) is 0. The molecule has 0 saturated carbocycles. The third-order valence-electron chi connectivity index (χ3n) is 2.14. The number of allylic oxidation sites excluding steroid dienone is 6. The van der Waals surface area contributed by atoms with Gasteiger partial charge in [-0.2, -0.15) is 0 Å². The summed E-state index contributed by atoms with van der Waals surface area (Å²) in [4.78, 5) is 0. The predicted octanol–water partition coefficient (Wildman–Crippen LogP) is 3.98. The largest absolute Gasteiger partial charge is 0.0991 e. The van der Waals surface area contributed by atoms with Crippen LogP contribution in [0, 0.1) is 0 Å². The highest BCUT2D eigenvalue weighted by atomic mass is 14.2. The summed E-state index contributed by atoms with van der Waals surface area (Å²) < 4.78 is 0. The minimum absolute atomic E-state index is 1.32. The summed E-state index contributed by atoms with van der Waals surface area (Å²) in [6.45, 7) is 3.59. The van der Waals surface area contributed by atoms with E-state index in [4.69, 9.17) is 0 Å². The molecule has 14 heavy (non-hydrogen) atoms. The van der Waals surface area contributed by atoms with Crippen LogP contribution in [0.25, 0.3) is 17.2 Å². The minimum atomic E-state index is 1.32. The molecule has 2 aliphatic rings. The second-order valence-electron chi connectivity index (χ2n) is 3.17.